The molecule has 420 valence electrons. The molecule has 4 saturated heterocycles. The Labute approximate surface area is 466 Å². The van der Waals surface area contributed by atoms with Crippen LogP contribution in [0.4, 0.5) is 9.59 Å². The standard InChI is InChI=1S/2C30H39NO6S.CH4/c2*1-22-11-9-7-5-4-6-8-10-12-25-18-26(36-28(32)17-22)19-30(35-3,37-25)27-21-38-29(33)31(27)20-23-13-15-24(34-2)16-14-23;/h2*4-7,13-17,25-27H,8-12,18-21H2,1-3H3;1H4/b6-4+,7-5+,22-17-;6-4-,7-5+,22-17-;/t25-,26?,27+,30-;25-,26-,27+,30-;/m11./s1. The number of methoxy groups -OCH3 is 4. The van der Waals surface area contributed by atoms with Crippen LogP contribution in [-0.4, -0.2) is 120 Å². The van der Waals surface area contributed by atoms with E-state index in [0.29, 0.717) is 50.3 Å². The SMILES string of the molecule is C.COc1ccc(CN2C(=O)SC[C@H]2[C@@]2(OC)CC3C[C@@H](CCC/C=C/C=C/CC/C(C)=C\C(=O)O3)O2)cc1.COc1ccc(CN2C(=O)SC[C@H]2[C@@]2(OC)C[C@H]3C[C@@H](CCC/C=C\C=C\CC/C(C)=C\C(=O)O3)O2)cc1. The molecule has 0 aromatic heterocycles. The fraction of sp³-hybridized carbons (Fsp3) is 0.541. The van der Waals surface area contributed by atoms with Crippen LogP contribution in [0.1, 0.15) is 122 Å². The predicted molar refractivity (Wildman–Crippen MR) is 305 cm³/mol. The van der Waals surface area contributed by atoms with Gasteiger partial charge in [-0.25, -0.2) is 9.59 Å². The number of nitrogens with zero attached hydrogens (tertiary/aromatic N) is 2. The van der Waals surface area contributed by atoms with Gasteiger partial charge in [0.1, 0.15) is 23.7 Å². The maximum atomic E-state index is 13.0. The highest BCUT2D eigenvalue weighted by molar-refractivity contribution is 8.14. The third kappa shape index (κ3) is 17.4. The fourth-order valence-electron chi connectivity index (χ4n) is 10.7. The minimum absolute atomic E-state index is 0. The highest BCUT2D eigenvalue weighted by atomic mass is 32.2. The van der Waals surface area contributed by atoms with E-state index in [0.717, 1.165) is 98.0 Å². The molecule has 14 nitrogen and oxygen atoms in total. The Morgan fingerprint density at radius 3 is 1.29 bits per heavy atom. The van der Waals surface area contributed by atoms with Crippen molar-refractivity contribution in [3.05, 3.63) is 132 Å². The number of carbonyl (C=O) groups is 4. The first kappa shape index (κ1) is 61.1. The van der Waals surface area contributed by atoms with Crippen LogP contribution < -0.4 is 9.47 Å². The van der Waals surface area contributed by atoms with Gasteiger partial charge in [-0.15, -0.1) is 0 Å². The van der Waals surface area contributed by atoms with Crippen molar-refractivity contribution in [1.29, 1.82) is 0 Å². The number of allylic oxidation sites excluding steroid dienone is 10. The van der Waals surface area contributed by atoms with Crippen LogP contribution in [0.3, 0.4) is 0 Å². The second-order valence-electron chi connectivity index (χ2n) is 20.3. The van der Waals surface area contributed by atoms with Gasteiger partial charge in [0.2, 0.25) is 0 Å². The molecule has 4 fully saturated rings. The van der Waals surface area contributed by atoms with Crippen LogP contribution in [0.15, 0.2) is 120 Å². The number of esters is 2. The molecule has 2 aromatic carbocycles. The van der Waals surface area contributed by atoms with Crippen LogP contribution >= 0.6 is 23.5 Å². The molecule has 0 radical (unpaired) electrons. The number of rotatable bonds is 10. The quantitative estimate of drug-likeness (QED) is 0.208. The number of ether oxygens (including phenoxy) is 8. The molecule has 16 heteroatoms. The number of hydrogen-bond donors (Lipinski definition) is 0. The summed E-state index contributed by atoms with van der Waals surface area (Å²) in [6, 6.07) is 14.8. The third-order valence-corrected chi connectivity index (χ3v) is 16.7. The second kappa shape index (κ2) is 30.3. The van der Waals surface area contributed by atoms with Crippen molar-refractivity contribution in [1.82, 2.24) is 9.80 Å². The first-order chi connectivity index (χ1) is 36.8. The Kier molecular flexibility index (Phi) is 24.1. The maximum absolute atomic E-state index is 13.0. The zero-order valence-electron chi connectivity index (χ0n) is 45.2. The lowest BCUT2D eigenvalue weighted by molar-refractivity contribution is -0.306. The number of benzene rings is 2. The lowest BCUT2D eigenvalue weighted by Gasteiger charge is -2.48. The molecule has 2 amide bonds. The summed E-state index contributed by atoms with van der Waals surface area (Å²) in [5.74, 6) is -0.170. The van der Waals surface area contributed by atoms with Gasteiger partial charge in [-0.3, -0.25) is 9.59 Å². The lowest BCUT2D eigenvalue weighted by Crippen LogP contribution is -2.60. The van der Waals surface area contributed by atoms with E-state index in [4.69, 9.17) is 37.9 Å². The topological polar surface area (TPSA) is 149 Å². The zero-order chi connectivity index (χ0) is 53.9. The van der Waals surface area contributed by atoms with E-state index < -0.39 is 11.6 Å². The van der Waals surface area contributed by atoms with E-state index in [2.05, 4.69) is 48.6 Å². The molecule has 8 atom stereocenters. The Bertz CT molecular complexity index is 2270. The summed E-state index contributed by atoms with van der Waals surface area (Å²) in [7, 11) is 6.53. The minimum Gasteiger partial charge on any atom is -0.497 e. The summed E-state index contributed by atoms with van der Waals surface area (Å²) < 4.78 is 48.2. The predicted octanol–water partition coefficient (Wildman–Crippen LogP) is 13.0. The summed E-state index contributed by atoms with van der Waals surface area (Å²) in [5, 5.41) is -0.0135. The Hall–Kier alpha value is -5.10. The van der Waals surface area contributed by atoms with Crippen LogP contribution in [-0.2, 0) is 51.1 Å². The second-order valence-corrected chi connectivity index (χ2v) is 22.2. The van der Waals surface area contributed by atoms with Gasteiger partial charge in [-0.1, -0.05) is 115 Å². The molecule has 77 heavy (non-hydrogen) atoms. The van der Waals surface area contributed by atoms with Gasteiger partial charge >= 0.3 is 11.9 Å². The van der Waals surface area contributed by atoms with Gasteiger partial charge in [0.05, 0.1) is 38.5 Å². The molecule has 8 rings (SSSR count). The smallest absolute Gasteiger partial charge is 0.330 e. The number of fused-ring (bicyclic) bond motifs is 4. The van der Waals surface area contributed by atoms with E-state index in [1.54, 1.807) is 40.6 Å². The van der Waals surface area contributed by atoms with Gasteiger partial charge in [-0.05, 0) is 113 Å². The number of carbonyl (C=O) groups excluding carboxylic acids is 4. The van der Waals surface area contributed by atoms with Crippen molar-refractivity contribution < 1.29 is 57.1 Å². The van der Waals surface area contributed by atoms with Crippen molar-refractivity contribution in [2.75, 3.05) is 39.9 Å². The van der Waals surface area contributed by atoms with Gasteiger partial charge in [-0.2, -0.15) is 0 Å². The number of thioether (sulfide) groups is 2. The first-order valence-corrected chi connectivity index (χ1v) is 28.8. The maximum Gasteiger partial charge on any atom is 0.330 e. The summed E-state index contributed by atoms with van der Waals surface area (Å²) in [4.78, 5) is 55.4. The molecule has 6 aliphatic rings. The molecule has 6 aliphatic heterocycles. The van der Waals surface area contributed by atoms with Gasteiger partial charge < -0.3 is 47.7 Å². The van der Waals surface area contributed by atoms with Crippen molar-refractivity contribution in [3.8, 4) is 11.5 Å². The zero-order valence-corrected chi connectivity index (χ0v) is 46.8. The molecule has 0 aliphatic carbocycles. The van der Waals surface area contributed by atoms with E-state index in [1.165, 1.54) is 23.5 Å². The number of amides is 2. The van der Waals surface area contributed by atoms with Crippen molar-refractivity contribution in [3.63, 3.8) is 0 Å². The molecule has 0 saturated carbocycles. The van der Waals surface area contributed by atoms with E-state index >= 15 is 0 Å². The lowest BCUT2D eigenvalue weighted by atomic mass is 9.90. The van der Waals surface area contributed by atoms with Gasteiger partial charge in [0.25, 0.3) is 10.5 Å². The summed E-state index contributed by atoms with van der Waals surface area (Å²) >= 11 is 2.56. The monoisotopic (exact) mass is 1100 g/mol. The Balaban J connectivity index is 0.000000246. The molecule has 0 spiro atoms. The van der Waals surface area contributed by atoms with Crippen molar-refractivity contribution >= 4 is 45.9 Å². The fourth-order valence-corrected chi connectivity index (χ4v) is 12.9. The van der Waals surface area contributed by atoms with Crippen molar-refractivity contribution in [2.45, 2.75) is 172 Å². The largest absolute Gasteiger partial charge is 0.497 e. The average Bonchev–Trinajstić information content (AvgIpc) is 3.98. The highest BCUT2D eigenvalue weighted by Crippen LogP contribution is 2.45. The molecule has 2 aromatic rings. The van der Waals surface area contributed by atoms with Crippen LogP contribution in [0.25, 0.3) is 0 Å². The van der Waals surface area contributed by atoms with Crippen LogP contribution in [0.5, 0.6) is 11.5 Å². The summed E-state index contributed by atoms with van der Waals surface area (Å²) in [5.41, 5.74) is 3.97. The average molecular weight is 1100 g/mol. The normalized spacial score (nSPS) is 31.8. The molecular weight excluding hydrogens is 1020 g/mol. The molecule has 6 heterocycles. The molecule has 1 unspecified atom stereocenters. The first-order valence-electron chi connectivity index (χ1n) is 26.8. The minimum atomic E-state index is -1.07. The summed E-state index contributed by atoms with van der Waals surface area (Å²) in [6.07, 6.45) is 29.8. The van der Waals surface area contributed by atoms with E-state index in [9.17, 15) is 19.2 Å². The molecule has 4 bridgehead atoms. The van der Waals surface area contributed by atoms with E-state index in [-0.39, 0.29) is 66.3 Å². The Morgan fingerprint density at radius 2 is 0.922 bits per heavy atom. The highest BCUT2D eigenvalue weighted by Gasteiger charge is 2.56. The van der Waals surface area contributed by atoms with Gasteiger partial charge in [0.15, 0.2) is 11.6 Å². The number of hydrogen-bond acceptors (Lipinski definition) is 14. The molecular formula is C61H82N2O12S2. The Morgan fingerprint density at radius 1 is 0.545 bits per heavy atom. The molecule has 0 N–H and O–H groups in total. The summed E-state index contributed by atoms with van der Waals surface area (Å²) in [6.45, 7) is 4.78. The van der Waals surface area contributed by atoms with E-state index in [1.807, 2.05) is 72.2 Å². The van der Waals surface area contributed by atoms with Gasteiger partial charge in [0, 0.05) is 76.7 Å². The van der Waals surface area contributed by atoms with Crippen LogP contribution in [0, 0.1) is 0 Å². The van der Waals surface area contributed by atoms with Crippen LogP contribution in [0.2, 0.25) is 0 Å². The van der Waals surface area contributed by atoms with Crippen molar-refractivity contribution in [2.24, 2.45) is 0 Å². The third-order valence-electron chi connectivity index (χ3n) is 14.8.